The fraction of sp³-hybridized carbons (Fsp3) is 0.273. The topological polar surface area (TPSA) is 56.7 Å². The lowest BCUT2D eigenvalue weighted by Gasteiger charge is -2.08. The summed E-state index contributed by atoms with van der Waals surface area (Å²) >= 11 is 3.45. The zero-order valence-corrected chi connectivity index (χ0v) is 10.8. The monoisotopic (exact) mass is 280 g/mol. The molecule has 0 aliphatic carbocycles. The molecule has 0 aliphatic rings. The van der Waals surface area contributed by atoms with E-state index in [0.717, 1.165) is 27.8 Å². The number of hydrogen-bond acceptors (Lipinski definition) is 3. The highest BCUT2D eigenvalue weighted by Gasteiger charge is 2.11. The van der Waals surface area contributed by atoms with Gasteiger partial charge < -0.3 is 5.73 Å². The average molecular weight is 281 g/mol. The summed E-state index contributed by atoms with van der Waals surface area (Å²) < 4.78 is 2.82. The maximum absolute atomic E-state index is 5.77. The Morgan fingerprint density at radius 2 is 2.19 bits per heavy atom. The molecule has 0 saturated heterocycles. The molecule has 0 amide bonds. The second-order valence-corrected chi connectivity index (χ2v) is 4.53. The second kappa shape index (κ2) is 4.25. The molecule has 1 aromatic carbocycles. The smallest absolute Gasteiger partial charge is 0.169 e. The van der Waals surface area contributed by atoms with Crippen molar-refractivity contribution < 1.29 is 0 Å². The van der Waals surface area contributed by atoms with Crippen LogP contribution in [0.1, 0.15) is 18.2 Å². The van der Waals surface area contributed by atoms with Gasteiger partial charge in [-0.3, -0.25) is 0 Å². The highest BCUT2D eigenvalue weighted by Crippen LogP contribution is 2.22. The zero-order valence-electron chi connectivity index (χ0n) is 9.24. The Morgan fingerprint density at radius 1 is 1.44 bits per heavy atom. The second-order valence-electron chi connectivity index (χ2n) is 3.62. The SMILES string of the molecule is CCc1c(N)nnn1-c1cc(Br)ccc1C. The number of aryl methyl sites for hydroxylation is 1. The first kappa shape index (κ1) is 11.1. The number of rotatable bonds is 2. The van der Waals surface area contributed by atoms with Gasteiger partial charge in [0.05, 0.1) is 11.4 Å². The molecule has 2 aromatic rings. The van der Waals surface area contributed by atoms with Crippen molar-refractivity contribution in [1.82, 2.24) is 15.0 Å². The van der Waals surface area contributed by atoms with Gasteiger partial charge in [0.1, 0.15) is 0 Å². The minimum absolute atomic E-state index is 0.502. The number of nitrogens with zero attached hydrogens (tertiary/aromatic N) is 3. The van der Waals surface area contributed by atoms with Crippen LogP contribution >= 0.6 is 15.9 Å². The molecule has 0 saturated carbocycles. The summed E-state index contributed by atoms with van der Waals surface area (Å²) in [6.07, 6.45) is 0.810. The first-order chi connectivity index (χ1) is 7.63. The van der Waals surface area contributed by atoms with Crippen molar-refractivity contribution in [3.63, 3.8) is 0 Å². The van der Waals surface area contributed by atoms with Crippen LogP contribution < -0.4 is 5.73 Å². The summed E-state index contributed by atoms with van der Waals surface area (Å²) in [7, 11) is 0. The molecule has 84 valence electrons. The molecule has 0 unspecified atom stereocenters. The molecular weight excluding hydrogens is 268 g/mol. The maximum atomic E-state index is 5.77. The summed E-state index contributed by atoms with van der Waals surface area (Å²) in [5.74, 6) is 0.502. The third-order valence-electron chi connectivity index (χ3n) is 2.53. The fourth-order valence-corrected chi connectivity index (χ4v) is 2.00. The van der Waals surface area contributed by atoms with E-state index in [2.05, 4.69) is 26.2 Å². The van der Waals surface area contributed by atoms with Gasteiger partial charge in [0.2, 0.25) is 0 Å². The van der Waals surface area contributed by atoms with Gasteiger partial charge in [-0.05, 0) is 31.0 Å². The van der Waals surface area contributed by atoms with E-state index < -0.39 is 0 Å². The van der Waals surface area contributed by atoms with Crippen molar-refractivity contribution in [3.8, 4) is 5.69 Å². The predicted molar refractivity (Wildman–Crippen MR) is 67.6 cm³/mol. The first-order valence-corrected chi connectivity index (χ1v) is 5.89. The standard InChI is InChI=1S/C11H13BrN4/c1-3-9-11(13)14-15-16(9)10-6-8(12)5-4-7(10)2/h4-6H,3,13H2,1-2H3. The van der Waals surface area contributed by atoms with Crippen LogP contribution in [0.15, 0.2) is 22.7 Å². The number of hydrogen-bond donors (Lipinski definition) is 1. The molecule has 2 N–H and O–H groups in total. The Bertz CT molecular complexity index is 519. The quantitative estimate of drug-likeness (QED) is 0.920. The molecular formula is C11H13BrN4. The summed E-state index contributed by atoms with van der Waals surface area (Å²) in [6, 6.07) is 6.06. The van der Waals surface area contributed by atoms with Crippen LogP contribution in [0.2, 0.25) is 0 Å². The normalized spacial score (nSPS) is 10.7. The van der Waals surface area contributed by atoms with Crippen molar-refractivity contribution in [2.45, 2.75) is 20.3 Å². The number of aromatic nitrogens is 3. The predicted octanol–water partition coefficient (Wildman–Crippen LogP) is 2.48. The number of nitrogens with two attached hydrogens (primary N) is 1. The van der Waals surface area contributed by atoms with Crippen molar-refractivity contribution >= 4 is 21.7 Å². The Labute approximate surface area is 103 Å². The highest BCUT2D eigenvalue weighted by atomic mass is 79.9. The molecule has 16 heavy (non-hydrogen) atoms. The minimum atomic E-state index is 0.502. The molecule has 1 heterocycles. The summed E-state index contributed by atoms with van der Waals surface area (Å²) in [6.45, 7) is 4.08. The van der Waals surface area contributed by atoms with Crippen LogP contribution in [0, 0.1) is 6.92 Å². The van der Waals surface area contributed by atoms with Crippen LogP contribution in [0.3, 0.4) is 0 Å². The van der Waals surface area contributed by atoms with E-state index in [9.17, 15) is 0 Å². The molecule has 1 aromatic heterocycles. The van der Waals surface area contributed by atoms with E-state index in [-0.39, 0.29) is 0 Å². The number of benzene rings is 1. The molecule has 0 aliphatic heterocycles. The van der Waals surface area contributed by atoms with Crippen molar-refractivity contribution in [3.05, 3.63) is 33.9 Å². The minimum Gasteiger partial charge on any atom is -0.381 e. The fourth-order valence-electron chi connectivity index (χ4n) is 1.65. The van der Waals surface area contributed by atoms with Crippen LogP contribution in [0.5, 0.6) is 0 Å². The van der Waals surface area contributed by atoms with E-state index in [4.69, 9.17) is 5.73 Å². The van der Waals surface area contributed by atoms with Gasteiger partial charge in [0.15, 0.2) is 5.82 Å². The molecule has 0 bridgehead atoms. The molecule has 0 radical (unpaired) electrons. The van der Waals surface area contributed by atoms with Crippen LogP contribution in [-0.2, 0) is 6.42 Å². The summed E-state index contributed by atoms with van der Waals surface area (Å²) in [5.41, 5.74) is 8.87. The van der Waals surface area contributed by atoms with Gasteiger partial charge in [-0.25, -0.2) is 4.68 Å². The van der Waals surface area contributed by atoms with Crippen molar-refractivity contribution in [1.29, 1.82) is 0 Å². The average Bonchev–Trinajstić information content (AvgIpc) is 2.63. The lowest BCUT2D eigenvalue weighted by molar-refractivity contribution is 0.762. The summed E-state index contributed by atoms with van der Waals surface area (Å²) in [4.78, 5) is 0. The van der Waals surface area contributed by atoms with E-state index in [1.165, 1.54) is 0 Å². The lowest BCUT2D eigenvalue weighted by atomic mass is 10.2. The Kier molecular flexibility index (Phi) is 2.96. The van der Waals surface area contributed by atoms with E-state index >= 15 is 0 Å². The van der Waals surface area contributed by atoms with Gasteiger partial charge >= 0.3 is 0 Å². The molecule has 4 nitrogen and oxygen atoms in total. The van der Waals surface area contributed by atoms with Gasteiger partial charge in [0, 0.05) is 4.47 Å². The molecule has 0 fully saturated rings. The van der Waals surface area contributed by atoms with Gasteiger partial charge in [-0.15, -0.1) is 5.10 Å². The summed E-state index contributed by atoms with van der Waals surface area (Å²) in [5, 5.41) is 7.99. The van der Waals surface area contributed by atoms with Crippen LogP contribution in [0.25, 0.3) is 5.69 Å². The maximum Gasteiger partial charge on any atom is 0.169 e. The zero-order chi connectivity index (χ0) is 11.7. The van der Waals surface area contributed by atoms with Gasteiger partial charge in [0.25, 0.3) is 0 Å². The van der Waals surface area contributed by atoms with Gasteiger partial charge in [-0.2, -0.15) is 0 Å². The number of anilines is 1. The van der Waals surface area contributed by atoms with E-state index in [0.29, 0.717) is 5.82 Å². The largest absolute Gasteiger partial charge is 0.381 e. The van der Waals surface area contributed by atoms with E-state index in [1.807, 2.05) is 32.0 Å². The number of nitrogen functional groups attached to an aromatic ring is 1. The van der Waals surface area contributed by atoms with E-state index in [1.54, 1.807) is 4.68 Å². The molecule has 0 spiro atoms. The Morgan fingerprint density at radius 3 is 2.88 bits per heavy atom. The molecule has 0 atom stereocenters. The molecule has 5 heteroatoms. The van der Waals surface area contributed by atoms with Crippen LogP contribution in [-0.4, -0.2) is 15.0 Å². The van der Waals surface area contributed by atoms with Gasteiger partial charge in [-0.1, -0.05) is 34.1 Å². The first-order valence-electron chi connectivity index (χ1n) is 5.10. The third-order valence-corrected chi connectivity index (χ3v) is 3.02. The van der Waals surface area contributed by atoms with Crippen molar-refractivity contribution in [2.75, 3.05) is 5.73 Å². The Hall–Kier alpha value is -1.36. The third kappa shape index (κ3) is 1.82. The molecule has 2 rings (SSSR count). The lowest BCUT2D eigenvalue weighted by Crippen LogP contribution is -2.04. The van der Waals surface area contributed by atoms with Crippen LogP contribution in [0.4, 0.5) is 5.82 Å². The highest BCUT2D eigenvalue weighted by molar-refractivity contribution is 9.10. The Balaban J connectivity index is 2.62. The van der Waals surface area contributed by atoms with Crippen molar-refractivity contribution in [2.24, 2.45) is 0 Å². The number of halogens is 1.